The number of carbonyl (C=O) groups excluding carboxylic acids is 2. The highest BCUT2D eigenvalue weighted by atomic mass is 16.7. The van der Waals surface area contributed by atoms with Crippen molar-refractivity contribution in [2.75, 3.05) is 0 Å². The summed E-state index contributed by atoms with van der Waals surface area (Å²) < 4.78 is 11.3. The smallest absolute Gasteiger partial charge is 0.305 e. The van der Waals surface area contributed by atoms with E-state index in [9.17, 15) is 19.5 Å². The predicted molar refractivity (Wildman–Crippen MR) is 74.5 cm³/mol. The van der Waals surface area contributed by atoms with Crippen LogP contribution in [0.1, 0.15) is 40.5 Å². The summed E-state index contributed by atoms with van der Waals surface area (Å²) in [4.78, 5) is 36.7. The van der Waals surface area contributed by atoms with E-state index in [0.29, 0.717) is 0 Å². The molecule has 0 amide bonds. The Labute approximate surface area is 130 Å². The molecule has 4 rings (SSSR count). The fourth-order valence-corrected chi connectivity index (χ4v) is 4.02. The van der Waals surface area contributed by atoms with E-state index in [1.807, 2.05) is 0 Å². The van der Waals surface area contributed by atoms with Gasteiger partial charge in [-0.25, -0.2) is 0 Å². The van der Waals surface area contributed by atoms with Crippen LogP contribution in [0, 0.1) is 0 Å². The minimum absolute atomic E-state index is 0.0172. The fraction of sp³-hybridized carbons (Fsp3) is 0.438. The summed E-state index contributed by atoms with van der Waals surface area (Å²) in [6.45, 7) is 1.59. The monoisotopic (exact) mass is 318 g/mol. The number of aliphatic carboxylic acids is 1. The van der Waals surface area contributed by atoms with Crippen LogP contribution in [0.15, 0.2) is 18.2 Å². The molecule has 0 radical (unpaired) electrons. The standard InChI is InChI=1S/C16H14O7/c1-7-16-14(21)12-9(3-2-4-10(12)17)13(20)15(16,23-16)6-8(22-7)5-11(18)19/h2-4,7-8,17H,5-6H2,1H3,(H,18,19)/t7-,8+,15+,16+/m0/s1. The predicted octanol–water partition coefficient (Wildman–Crippen LogP) is 0.931. The van der Waals surface area contributed by atoms with E-state index >= 15 is 0 Å². The number of benzene rings is 1. The van der Waals surface area contributed by atoms with Crippen LogP contribution in [0.3, 0.4) is 0 Å². The topological polar surface area (TPSA) is 113 Å². The van der Waals surface area contributed by atoms with Crippen LogP contribution in [0.25, 0.3) is 0 Å². The van der Waals surface area contributed by atoms with Gasteiger partial charge in [-0.3, -0.25) is 14.4 Å². The van der Waals surface area contributed by atoms with Gasteiger partial charge < -0.3 is 19.7 Å². The number of phenolic OH excluding ortho intramolecular Hbond substituents is 1. The second-order valence-corrected chi connectivity index (χ2v) is 6.22. The van der Waals surface area contributed by atoms with Gasteiger partial charge >= 0.3 is 5.97 Å². The first kappa shape index (κ1) is 14.3. The Kier molecular flexibility index (Phi) is 2.61. The van der Waals surface area contributed by atoms with Crippen molar-refractivity contribution in [2.45, 2.75) is 43.2 Å². The van der Waals surface area contributed by atoms with Gasteiger partial charge in [-0.15, -0.1) is 0 Å². The Bertz CT molecular complexity index is 770. The zero-order chi connectivity index (χ0) is 16.6. The van der Waals surface area contributed by atoms with Crippen LogP contribution in [0.5, 0.6) is 5.75 Å². The Morgan fingerprint density at radius 3 is 2.78 bits per heavy atom. The number of ketones is 2. The Balaban J connectivity index is 1.83. The highest BCUT2D eigenvalue weighted by molar-refractivity contribution is 6.26. The maximum Gasteiger partial charge on any atom is 0.305 e. The first-order valence-electron chi connectivity index (χ1n) is 7.32. The van der Waals surface area contributed by atoms with Gasteiger partial charge in [0, 0.05) is 12.0 Å². The molecule has 0 spiro atoms. The van der Waals surface area contributed by atoms with Crippen molar-refractivity contribution in [1.82, 2.24) is 0 Å². The highest BCUT2D eigenvalue weighted by Crippen LogP contribution is 2.63. The second-order valence-electron chi connectivity index (χ2n) is 6.22. The van der Waals surface area contributed by atoms with Crippen LogP contribution in [0.4, 0.5) is 0 Å². The van der Waals surface area contributed by atoms with Gasteiger partial charge in [-0.1, -0.05) is 12.1 Å². The number of rotatable bonds is 2. The van der Waals surface area contributed by atoms with Crippen molar-refractivity contribution in [1.29, 1.82) is 0 Å². The van der Waals surface area contributed by atoms with Crippen molar-refractivity contribution in [3.8, 4) is 5.75 Å². The third-order valence-corrected chi connectivity index (χ3v) is 5.00. The number of phenols is 1. The number of carboxylic acid groups (broad SMARTS) is 1. The minimum atomic E-state index is -1.45. The SMILES string of the molecule is C[C@@H]1O[C@H](CC(=O)O)C[C@]23O[C@@]12C(=O)c1c(O)cccc1C3=O. The number of hydrogen-bond donors (Lipinski definition) is 2. The lowest BCUT2D eigenvalue weighted by Gasteiger charge is -2.36. The van der Waals surface area contributed by atoms with Crippen molar-refractivity contribution in [3.63, 3.8) is 0 Å². The average Bonchev–Trinajstić information content (AvgIpc) is 3.17. The molecule has 120 valence electrons. The molecule has 2 N–H and O–H groups in total. The van der Waals surface area contributed by atoms with E-state index in [1.54, 1.807) is 6.92 Å². The number of hydrogen-bond acceptors (Lipinski definition) is 6. The van der Waals surface area contributed by atoms with Gasteiger partial charge in [0.05, 0.1) is 24.2 Å². The van der Waals surface area contributed by atoms with Crippen LogP contribution in [0.2, 0.25) is 0 Å². The molecule has 1 aliphatic carbocycles. The van der Waals surface area contributed by atoms with Gasteiger partial charge in [0.25, 0.3) is 0 Å². The van der Waals surface area contributed by atoms with Crippen LogP contribution >= 0.6 is 0 Å². The van der Waals surface area contributed by atoms with E-state index in [2.05, 4.69) is 0 Å². The van der Waals surface area contributed by atoms with E-state index < -0.39 is 40.9 Å². The molecular weight excluding hydrogens is 304 g/mol. The summed E-state index contributed by atoms with van der Waals surface area (Å²) in [5.74, 6) is -2.18. The molecule has 1 aromatic carbocycles. The summed E-state index contributed by atoms with van der Waals surface area (Å²) in [6, 6.07) is 4.31. The molecule has 7 nitrogen and oxygen atoms in total. The summed E-state index contributed by atoms with van der Waals surface area (Å²) in [5.41, 5.74) is -2.75. The molecule has 2 heterocycles. The number of Topliss-reactive ketones (excluding diaryl/α,β-unsaturated/α-hetero) is 2. The number of carboxylic acids is 1. The maximum atomic E-state index is 12.9. The molecule has 0 bridgehead atoms. The molecule has 1 aromatic rings. The van der Waals surface area contributed by atoms with Gasteiger partial charge in [-0.2, -0.15) is 0 Å². The van der Waals surface area contributed by atoms with Crippen LogP contribution in [-0.2, 0) is 14.3 Å². The zero-order valence-corrected chi connectivity index (χ0v) is 12.2. The summed E-state index contributed by atoms with van der Waals surface area (Å²) >= 11 is 0. The molecule has 2 aliphatic heterocycles. The van der Waals surface area contributed by atoms with E-state index in [1.165, 1.54) is 18.2 Å². The number of ether oxygens (including phenoxy) is 2. The van der Waals surface area contributed by atoms with Gasteiger partial charge in [-0.05, 0) is 13.0 Å². The quantitative estimate of drug-likeness (QED) is 0.780. The molecule has 4 atom stereocenters. The number of fused-ring (bicyclic) bond motifs is 1. The molecule has 2 fully saturated rings. The lowest BCUT2D eigenvalue weighted by atomic mass is 9.68. The fourth-order valence-electron chi connectivity index (χ4n) is 4.02. The van der Waals surface area contributed by atoms with Gasteiger partial charge in [0.1, 0.15) is 5.75 Å². The number of epoxide rings is 1. The summed E-state index contributed by atoms with van der Waals surface area (Å²) in [6.07, 6.45) is -1.72. The second kappa shape index (κ2) is 4.18. The molecular formula is C16H14O7. The molecule has 0 unspecified atom stereocenters. The first-order valence-corrected chi connectivity index (χ1v) is 7.32. The van der Waals surface area contributed by atoms with Crippen molar-refractivity contribution in [3.05, 3.63) is 29.3 Å². The molecule has 3 aliphatic rings. The minimum Gasteiger partial charge on any atom is -0.507 e. The summed E-state index contributed by atoms with van der Waals surface area (Å²) in [7, 11) is 0. The van der Waals surface area contributed by atoms with E-state index in [4.69, 9.17) is 14.6 Å². The lowest BCUT2D eigenvalue weighted by molar-refractivity contribution is -0.143. The Morgan fingerprint density at radius 2 is 2.09 bits per heavy atom. The van der Waals surface area contributed by atoms with Gasteiger partial charge in [0.15, 0.2) is 17.0 Å². The highest BCUT2D eigenvalue weighted by Gasteiger charge is 2.85. The van der Waals surface area contributed by atoms with Crippen molar-refractivity contribution in [2.24, 2.45) is 0 Å². The molecule has 0 saturated carbocycles. The third kappa shape index (κ3) is 1.53. The van der Waals surface area contributed by atoms with Crippen molar-refractivity contribution >= 4 is 17.5 Å². The first-order chi connectivity index (χ1) is 10.8. The zero-order valence-electron chi connectivity index (χ0n) is 12.2. The van der Waals surface area contributed by atoms with Crippen LogP contribution < -0.4 is 0 Å². The van der Waals surface area contributed by atoms with E-state index in [0.717, 1.165) is 0 Å². The third-order valence-electron chi connectivity index (χ3n) is 5.00. The van der Waals surface area contributed by atoms with Crippen LogP contribution in [-0.4, -0.2) is 51.2 Å². The number of carbonyl (C=O) groups is 3. The normalized spacial score (nSPS) is 37.6. The molecule has 2 saturated heterocycles. The molecule has 7 heteroatoms. The Hall–Kier alpha value is -2.25. The molecule has 23 heavy (non-hydrogen) atoms. The average molecular weight is 318 g/mol. The lowest BCUT2D eigenvalue weighted by Crippen LogP contribution is -2.57. The largest absolute Gasteiger partial charge is 0.507 e. The Morgan fingerprint density at radius 1 is 1.35 bits per heavy atom. The number of aromatic hydroxyl groups is 1. The summed E-state index contributed by atoms with van der Waals surface area (Å²) in [5, 5.41) is 18.9. The van der Waals surface area contributed by atoms with E-state index in [-0.39, 0.29) is 29.7 Å². The van der Waals surface area contributed by atoms with Crippen molar-refractivity contribution < 1.29 is 34.1 Å². The van der Waals surface area contributed by atoms with Gasteiger partial charge in [0.2, 0.25) is 5.78 Å². The maximum absolute atomic E-state index is 12.9. The molecule has 0 aromatic heterocycles.